The molecular weight excluding hydrogens is 280 g/mol. The fourth-order valence-corrected chi connectivity index (χ4v) is 4.41. The van der Waals surface area contributed by atoms with Crippen molar-refractivity contribution in [3.05, 3.63) is 0 Å². The average molecular weight is 313 g/mol. The lowest BCUT2D eigenvalue weighted by Crippen LogP contribution is -2.44. The van der Waals surface area contributed by atoms with Crippen LogP contribution in [0.15, 0.2) is 4.99 Å². The van der Waals surface area contributed by atoms with Gasteiger partial charge in [0.05, 0.1) is 0 Å². The quantitative estimate of drug-likeness (QED) is 0.582. The third kappa shape index (κ3) is 6.07. The van der Waals surface area contributed by atoms with Gasteiger partial charge in [-0.05, 0) is 63.4 Å². The molecule has 2 rings (SSSR count). The summed E-state index contributed by atoms with van der Waals surface area (Å²) in [6.07, 6.45) is 6.65. The Labute approximate surface area is 134 Å². The van der Waals surface area contributed by atoms with E-state index in [1.54, 1.807) is 0 Å². The van der Waals surface area contributed by atoms with E-state index in [9.17, 15) is 0 Å². The van der Waals surface area contributed by atoms with E-state index in [2.05, 4.69) is 39.2 Å². The molecular formula is C16H32N4S. The number of thioether (sulfide) groups is 1. The molecule has 5 heteroatoms. The van der Waals surface area contributed by atoms with Crippen molar-refractivity contribution >= 4 is 17.7 Å². The lowest BCUT2D eigenvalue weighted by atomic mass is 9.97. The molecule has 2 N–H and O–H groups in total. The van der Waals surface area contributed by atoms with E-state index < -0.39 is 0 Å². The van der Waals surface area contributed by atoms with Crippen LogP contribution in [0.25, 0.3) is 0 Å². The minimum atomic E-state index is 0.779. The predicted molar refractivity (Wildman–Crippen MR) is 94.3 cm³/mol. The summed E-state index contributed by atoms with van der Waals surface area (Å²) in [5, 5.41) is 7.79. The molecule has 1 unspecified atom stereocenters. The van der Waals surface area contributed by atoms with E-state index >= 15 is 0 Å². The van der Waals surface area contributed by atoms with Crippen LogP contribution in [0.2, 0.25) is 0 Å². The zero-order valence-corrected chi connectivity index (χ0v) is 14.6. The summed E-state index contributed by atoms with van der Waals surface area (Å²) in [6.45, 7) is 8.20. The normalized spacial score (nSPS) is 25.2. The van der Waals surface area contributed by atoms with Crippen LogP contribution in [-0.2, 0) is 0 Å². The van der Waals surface area contributed by atoms with Crippen LogP contribution in [0.4, 0.5) is 0 Å². The summed E-state index contributed by atoms with van der Waals surface area (Å²) >= 11 is 2.10. The van der Waals surface area contributed by atoms with Crippen molar-refractivity contribution in [1.82, 2.24) is 15.5 Å². The van der Waals surface area contributed by atoms with Crippen molar-refractivity contribution in [3.63, 3.8) is 0 Å². The van der Waals surface area contributed by atoms with E-state index in [1.807, 2.05) is 7.05 Å². The average Bonchev–Trinajstić information content (AvgIpc) is 3.03. The van der Waals surface area contributed by atoms with Gasteiger partial charge in [-0.2, -0.15) is 11.8 Å². The number of piperidine rings is 1. The van der Waals surface area contributed by atoms with Crippen molar-refractivity contribution in [3.8, 4) is 0 Å². The van der Waals surface area contributed by atoms with Crippen LogP contribution >= 0.6 is 11.8 Å². The van der Waals surface area contributed by atoms with Crippen molar-refractivity contribution in [2.24, 2.45) is 10.9 Å². The number of nitrogens with one attached hydrogen (secondary N) is 2. The van der Waals surface area contributed by atoms with Gasteiger partial charge < -0.3 is 15.5 Å². The Balaban J connectivity index is 1.60. The minimum Gasteiger partial charge on any atom is -0.356 e. The minimum absolute atomic E-state index is 0.779. The molecule has 0 aliphatic carbocycles. The second-order valence-electron chi connectivity index (χ2n) is 6.25. The number of aliphatic imine (C=N–C) groups is 1. The SMILES string of the molecule is CCCN1CCC(CNC(=NC)NCC2CCCS2)CC1. The Morgan fingerprint density at radius 2 is 1.95 bits per heavy atom. The highest BCUT2D eigenvalue weighted by Crippen LogP contribution is 2.25. The highest BCUT2D eigenvalue weighted by atomic mass is 32.2. The molecule has 0 radical (unpaired) electrons. The molecule has 0 bridgehead atoms. The monoisotopic (exact) mass is 312 g/mol. The van der Waals surface area contributed by atoms with E-state index in [1.165, 1.54) is 57.5 Å². The summed E-state index contributed by atoms with van der Waals surface area (Å²) in [5.74, 6) is 3.12. The fraction of sp³-hybridized carbons (Fsp3) is 0.938. The van der Waals surface area contributed by atoms with Gasteiger partial charge in [-0.1, -0.05) is 6.92 Å². The van der Waals surface area contributed by atoms with Crippen LogP contribution in [0.1, 0.15) is 39.0 Å². The Bertz CT molecular complexity index is 307. The molecule has 2 aliphatic rings. The molecule has 2 aliphatic heterocycles. The van der Waals surface area contributed by atoms with Gasteiger partial charge in [0.15, 0.2) is 5.96 Å². The number of likely N-dealkylation sites (tertiary alicyclic amines) is 1. The molecule has 1 atom stereocenters. The molecule has 2 saturated heterocycles. The Morgan fingerprint density at radius 3 is 2.57 bits per heavy atom. The summed E-state index contributed by atoms with van der Waals surface area (Å²) in [7, 11) is 1.88. The van der Waals surface area contributed by atoms with Crippen molar-refractivity contribution in [2.45, 2.75) is 44.3 Å². The van der Waals surface area contributed by atoms with Crippen LogP contribution in [0.3, 0.4) is 0 Å². The molecule has 21 heavy (non-hydrogen) atoms. The zero-order chi connectivity index (χ0) is 14.9. The van der Waals surface area contributed by atoms with E-state index in [0.717, 1.165) is 30.2 Å². The molecule has 0 aromatic carbocycles. The maximum atomic E-state index is 4.35. The first-order chi connectivity index (χ1) is 10.3. The smallest absolute Gasteiger partial charge is 0.191 e. The van der Waals surface area contributed by atoms with E-state index in [-0.39, 0.29) is 0 Å². The van der Waals surface area contributed by atoms with Gasteiger partial charge in [0.25, 0.3) is 0 Å². The van der Waals surface area contributed by atoms with Gasteiger partial charge in [-0.3, -0.25) is 4.99 Å². The van der Waals surface area contributed by atoms with Crippen LogP contribution < -0.4 is 10.6 Å². The van der Waals surface area contributed by atoms with Gasteiger partial charge in [-0.25, -0.2) is 0 Å². The Morgan fingerprint density at radius 1 is 1.19 bits per heavy atom. The maximum absolute atomic E-state index is 4.35. The molecule has 0 aromatic heterocycles. The molecule has 2 heterocycles. The third-order valence-corrected chi connectivity index (χ3v) is 5.95. The highest BCUT2D eigenvalue weighted by Gasteiger charge is 2.19. The Kier molecular flexibility index (Phi) is 7.72. The topological polar surface area (TPSA) is 39.7 Å². The van der Waals surface area contributed by atoms with E-state index in [0.29, 0.717) is 0 Å². The van der Waals surface area contributed by atoms with Gasteiger partial charge in [-0.15, -0.1) is 0 Å². The van der Waals surface area contributed by atoms with Gasteiger partial charge in [0, 0.05) is 25.4 Å². The standard InChI is InChI=1S/C16H32N4S/c1-3-8-20-9-6-14(7-10-20)12-18-16(17-2)19-13-15-5-4-11-21-15/h14-15H,3-13H2,1-2H3,(H2,17,18,19). The van der Waals surface area contributed by atoms with Crippen molar-refractivity contribution in [1.29, 1.82) is 0 Å². The van der Waals surface area contributed by atoms with Gasteiger partial charge >= 0.3 is 0 Å². The van der Waals surface area contributed by atoms with Crippen LogP contribution in [0, 0.1) is 5.92 Å². The second-order valence-corrected chi connectivity index (χ2v) is 7.66. The van der Waals surface area contributed by atoms with Crippen LogP contribution in [-0.4, -0.2) is 61.6 Å². The lowest BCUT2D eigenvalue weighted by molar-refractivity contribution is 0.185. The third-order valence-electron chi connectivity index (χ3n) is 4.55. The highest BCUT2D eigenvalue weighted by molar-refractivity contribution is 8.00. The molecule has 0 amide bonds. The molecule has 0 saturated carbocycles. The lowest BCUT2D eigenvalue weighted by Gasteiger charge is -2.32. The molecule has 0 spiro atoms. The summed E-state index contributed by atoms with van der Waals surface area (Å²) in [5.41, 5.74) is 0. The molecule has 2 fully saturated rings. The number of hydrogen-bond acceptors (Lipinski definition) is 3. The van der Waals surface area contributed by atoms with Crippen molar-refractivity contribution < 1.29 is 0 Å². The largest absolute Gasteiger partial charge is 0.356 e. The number of nitrogens with zero attached hydrogens (tertiary/aromatic N) is 2. The molecule has 0 aromatic rings. The number of guanidine groups is 1. The number of hydrogen-bond donors (Lipinski definition) is 2. The fourth-order valence-electron chi connectivity index (χ4n) is 3.21. The number of rotatable bonds is 6. The van der Waals surface area contributed by atoms with Crippen molar-refractivity contribution in [2.75, 3.05) is 45.5 Å². The first-order valence-electron chi connectivity index (χ1n) is 8.60. The zero-order valence-electron chi connectivity index (χ0n) is 13.7. The van der Waals surface area contributed by atoms with Crippen LogP contribution in [0.5, 0.6) is 0 Å². The summed E-state index contributed by atoms with van der Waals surface area (Å²) in [4.78, 5) is 6.95. The Hall–Kier alpha value is -0.420. The van der Waals surface area contributed by atoms with Gasteiger partial charge in [0.2, 0.25) is 0 Å². The first kappa shape index (κ1) is 16.9. The summed E-state index contributed by atoms with van der Waals surface area (Å²) in [6, 6.07) is 0. The molecule has 4 nitrogen and oxygen atoms in total. The summed E-state index contributed by atoms with van der Waals surface area (Å²) < 4.78 is 0. The van der Waals surface area contributed by atoms with Gasteiger partial charge in [0.1, 0.15) is 0 Å². The maximum Gasteiger partial charge on any atom is 0.191 e. The first-order valence-corrected chi connectivity index (χ1v) is 9.65. The second kappa shape index (κ2) is 9.57. The predicted octanol–water partition coefficient (Wildman–Crippen LogP) is 2.17. The molecule has 122 valence electrons. The van der Waals surface area contributed by atoms with E-state index in [4.69, 9.17) is 0 Å².